The Morgan fingerprint density at radius 1 is 1.11 bits per heavy atom. The average molecular weight is 245 g/mol. The van der Waals surface area contributed by atoms with Crippen molar-refractivity contribution >= 4 is 0 Å². The monoisotopic (exact) mass is 245 g/mol. The third-order valence-electron chi connectivity index (χ3n) is 4.59. The average Bonchev–Trinajstić information content (AvgIpc) is 2.36. The van der Waals surface area contributed by atoms with Crippen molar-refractivity contribution in [3.8, 4) is 0 Å². The van der Waals surface area contributed by atoms with Gasteiger partial charge in [0.15, 0.2) is 0 Å². The molecule has 0 radical (unpaired) electrons. The molecule has 2 N–H and O–H groups in total. The smallest absolute Gasteiger partial charge is 0.00745 e. The van der Waals surface area contributed by atoms with Gasteiger partial charge in [0.2, 0.25) is 0 Å². The summed E-state index contributed by atoms with van der Waals surface area (Å²) in [4.78, 5) is 0. The van der Waals surface area contributed by atoms with Gasteiger partial charge in [-0.1, -0.05) is 43.0 Å². The first-order valence-corrected chi connectivity index (χ1v) is 7.47. The van der Waals surface area contributed by atoms with Crippen LogP contribution in [0.25, 0.3) is 0 Å². The van der Waals surface area contributed by atoms with Gasteiger partial charge in [0.05, 0.1) is 0 Å². The lowest BCUT2D eigenvalue weighted by Gasteiger charge is -2.32. The van der Waals surface area contributed by atoms with E-state index in [1.165, 1.54) is 49.7 Å². The Hall–Kier alpha value is -0.820. The highest BCUT2D eigenvalue weighted by atomic mass is 14.5. The molecule has 0 aromatic heterocycles. The molecule has 1 aliphatic carbocycles. The Morgan fingerprint density at radius 3 is 2.56 bits per heavy atom. The van der Waals surface area contributed by atoms with E-state index in [4.69, 9.17) is 5.73 Å². The number of aryl methyl sites for hydroxylation is 2. The summed E-state index contributed by atoms with van der Waals surface area (Å²) in [7, 11) is 0. The molecule has 1 saturated carbocycles. The Kier molecular flexibility index (Phi) is 4.82. The molecule has 1 aliphatic rings. The quantitative estimate of drug-likeness (QED) is 0.852. The van der Waals surface area contributed by atoms with E-state index >= 15 is 0 Å². The molecule has 0 heterocycles. The van der Waals surface area contributed by atoms with E-state index in [0.717, 1.165) is 18.4 Å². The van der Waals surface area contributed by atoms with Gasteiger partial charge in [0.1, 0.15) is 0 Å². The number of benzene rings is 1. The minimum Gasteiger partial charge on any atom is -0.330 e. The summed E-state index contributed by atoms with van der Waals surface area (Å²) in [5.41, 5.74) is 10.2. The van der Waals surface area contributed by atoms with Crippen molar-refractivity contribution in [3.63, 3.8) is 0 Å². The molecular weight excluding hydrogens is 218 g/mol. The molecule has 1 nitrogen and oxygen atoms in total. The van der Waals surface area contributed by atoms with Crippen LogP contribution in [0, 0.1) is 25.7 Å². The number of hydrogen-bond acceptors (Lipinski definition) is 1. The first-order chi connectivity index (χ1) is 8.70. The Morgan fingerprint density at radius 2 is 1.83 bits per heavy atom. The molecule has 100 valence electrons. The number of nitrogens with two attached hydrogens (primary N) is 1. The molecule has 18 heavy (non-hydrogen) atoms. The highest BCUT2D eigenvalue weighted by Crippen LogP contribution is 2.35. The summed E-state index contributed by atoms with van der Waals surface area (Å²) in [5.74, 6) is 1.73. The molecule has 1 aromatic carbocycles. The van der Waals surface area contributed by atoms with E-state index in [-0.39, 0.29) is 0 Å². The highest BCUT2D eigenvalue weighted by molar-refractivity contribution is 5.30. The summed E-state index contributed by atoms with van der Waals surface area (Å²) in [6.07, 6.45) is 8.10. The van der Waals surface area contributed by atoms with Crippen LogP contribution in [0.2, 0.25) is 0 Å². The van der Waals surface area contributed by atoms with Crippen LogP contribution in [0.3, 0.4) is 0 Å². The lowest BCUT2D eigenvalue weighted by molar-refractivity contribution is 0.225. The predicted octanol–water partition coefficient (Wildman–Crippen LogP) is 4.00. The van der Waals surface area contributed by atoms with Crippen LogP contribution in [0.5, 0.6) is 0 Å². The van der Waals surface area contributed by atoms with E-state index in [2.05, 4.69) is 32.0 Å². The Bertz CT molecular complexity index is 381. The van der Waals surface area contributed by atoms with Crippen LogP contribution in [0.15, 0.2) is 18.2 Å². The van der Waals surface area contributed by atoms with Crippen LogP contribution in [0.4, 0.5) is 0 Å². The van der Waals surface area contributed by atoms with Crippen LogP contribution in [-0.2, 0) is 6.42 Å². The van der Waals surface area contributed by atoms with Crippen molar-refractivity contribution in [3.05, 3.63) is 34.9 Å². The van der Waals surface area contributed by atoms with E-state index in [1.54, 1.807) is 5.56 Å². The van der Waals surface area contributed by atoms with Crippen molar-refractivity contribution in [2.75, 3.05) is 6.54 Å². The fourth-order valence-electron chi connectivity index (χ4n) is 3.45. The second kappa shape index (κ2) is 6.38. The van der Waals surface area contributed by atoms with Crippen molar-refractivity contribution < 1.29 is 0 Å². The van der Waals surface area contributed by atoms with Crippen molar-refractivity contribution in [1.29, 1.82) is 0 Å². The molecule has 1 aromatic rings. The fourth-order valence-corrected chi connectivity index (χ4v) is 3.45. The van der Waals surface area contributed by atoms with Crippen molar-refractivity contribution in [2.45, 2.75) is 52.4 Å². The van der Waals surface area contributed by atoms with E-state index in [1.807, 2.05) is 0 Å². The Balaban J connectivity index is 2.08. The van der Waals surface area contributed by atoms with Gasteiger partial charge in [-0.25, -0.2) is 0 Å². The SMILES string of the molecule is Cc1ccc(C)c(CC2CCCCC2CCN)c1. The van der Waals surface area contributed by atoms with Gasteiger partial charge in [-0.2, -0.15) is 0 Å². The summed E-state index contributed by atoms with van der Waals surface area (Å²) in [5, 5.41) is 0. The third-order valence-corrected chi connectivity index (χ3v) is 4.59. The summed E-state index contributed by atoms with van der Waals surface area (Å²) in [6.45, 7) is 5.30. The standard InChI is InChI=1S/C17H27N/c1-13-7-8-14(2)17(11-13)12-16-6-4-3-5-15(16)9-10-18/h7-8,11,15-16H,3-6,9-10,12,18H2,1-2H3. The third kappa shape index (κ3) is 3.35. The molecule has 1 heteroatoms. The second-order valence-corrected chi connectivity index (χ2v) is 6.02. The molecular formula is C17H27N. The van der Waals surface area contributed by atoms with Crippen LogP contribution in [-0.4, -0.2) is 6.54 Å². The Labute approximate surface area is 112 Å². The van der Waals surface area contributed by atoms with E-state index < -0.39 is 0 Å². The minimum absolute atomic E-state index is 0.855. The van der Waals surface area contributed by atoms with Crippen LogP contribution < -0.4 is 5.73 Å². The molecule has 0 aliphatic heterocycles. The lowest BCUT2D eigenvalue weighted by Crippen LogP contribution is -2.24. The lowest BCUT2D eigenvalue weighted by atomic mass is 9.74. The first-order valence-electron chi connectivity index (χ1n) is 7.47. The first kappa shape index (κ1) is 13.6. The maximum Gasteiger partial charge on any atom is -0.00745 e. The normalized spacial score (nSPS) is 24.2. The summed E-state index contributed by atoms with van der Waals surface area (Å²) < 4.78 is 0. The molecule has 1 fully saturated rings. The predicted molar refractivity (Wildman–Crippen MR) is 78.7 cm³/mol. The highest BCUT2D eigenvalue weighted by Gasteiger charge is 2.24. The summed E-state index contributed by atoms with van der Waals surface area (Å²) in [6, 6.07) is 6.87. The van der Waals surface area contributed by atoms with Crippen molar-refractivity contribution in [2.24, 2.45) is 17.6 Å². The molecule has 2 atom stereocenters. The maximum absolute atomic E-state index is 5.77. The zero-order chi connectivity index (χ0) is 13.0. The van der Waals surface area contributed by atoms with Gasteiger partial charge in [0, 0.05) is 0 Å². The van der Waals surface area contributed by atoms with Crippen LogP contribution in [0.1, 0.15) is 48.8 Å². The summed E-state index contributed by atoms with van der Waals surface area (Å²) >= 11 is 0. The van der Waals surface area contributed by atoms with Gasteiger partial charge in [-0.05, 0) is 62.6 Å². The zero-order valence-corrected chi connectivity index (χ0v) is 11.9. The number of hydrogen-bond donors (Lipinski definition) is 1. The van der Waals surface area contributed by atoms with E-state index in [0.29, 0.717) is 0 Å². The van der Waals surface area contributed by atoms with Crippen molar-refractivity contribution in [1.82, 2.24) is 0 Å². The zero-order valence-electron chi connectivity index (χ0n) is 11.9. The van der Waals surface area contributed by atoms with Gasteiger partial charge in [-0.15, -0.1) is 0 Å². The molecule has 0 bridgehead atoms. The molecule has 0 saturated heterocycles. The molecule has 2 rings (SSSR count). The van der Waals surface area contributed by atoms with Gasteiger partial charge >= 0.3 is 0 Å². The van der Waals surface area contributed by atoms with Gasteiger partial charge in [0.25, 0.3) is 0 Å². The van der Waals surface area contributed by atoms with Gasteiger partial charge < -0.3 is 5.73 Å². The maximum atomic E-state index is 5.77. The molecule has 2 unspecified atom stereocenters. The second-order valence-electron chi connectivity index (χ2n) is 6.02. The van der Waals surface area contributed by atoms with Gasteiger partial charge in [-0.3, -0.25) is 0 Å². The molecule has 0 spiro atoms. The van der Waals surface area contributed by atoms with Crippen LogP contribution >= 0.6 is 0 Å². The van der Waals surface area contributed by atoms with E-state index in [9.17, 15) is 0 Å². The largest absolute Gasteiger partial charge is 0.330 e. The minimum atomic E-state index is 0.855. The fraction of sp³-hybridized carbons (Fsp3) is 0.647. The topological polar surface area (TPSA) is 26.0 Å². The molecule has 0 amide bonds. The number of rotatable bonds is 4.